The van der Waals surface area contributed by atoms with E-state index in [9.17, 15) is 14.9 Å². The molecule has 0 bridgehead atoms. The fourth-order valence-corrected chi connectivity index (χ4v) is 1.97. The van der Waals surface area contributed by atoms with E-state index in [1.54, 1.807) is 0 Å². The molecule has 2 rings (SSSR count). The summed E-state index contributed by atoms with van der Waals surface area (Å²) in [5, 5.41) is 13.3. The standard InChI is InChI=1S/C7H6N2O4S/c10-6-4-3-5(9(11)12)14-7(4)13-2-1-8-6/h3H,1-2H2,(H,8,10). The molecule has 0 radical (unpaired) electrons. The maximum atomic E-state index is 11.3. The first-order valence-corrected chi connectivity index (χ1v) is 4.69. The molecule has 1 aliphatic heterocycles. The highest BCUT2D eigenvalue weighted by Gasteiger charge is 2.24. The van der Waals surface area contributed by atoms with Gasteiger partial charge in [0, 0.05) is 6.07 Å². The number of nitro groups is 1. The van der Waals surface area contributed by atoms with E-state index in [0.29, 0.717) is 18.2 Å². The second kappa shape index (κ2) is 3.26. The zero-order valence-corrected chi connectivity index (χ0v) is 7.80. The van der Waals surface area contributed by atoms with Gasteiger partial charge in [-0.25, -0.2) is 0 Å². The van der Waals surface area contributed by atoms with Crippen LogP contribution < -0.4 is 10.1 Å². The van der Waals surface area contributed by atoms with Crippen LogP contribution in [0.5, 0.6) is 5.06 Å². The molecule has 0 saturated heterocycles. The molecule has 0 aliphatic carbocycles. The highest BCUT2D eigenvalue weighted by Crippen LogP contribution is 2.36. The Bertz CT molecular complexity index is 400. The van der Waals surface area contributed by atoms with Crippen LogP contribution >= 0.6 is 11.3 Å². The number of ether oxygens (including phenoxy) is 1. The van der Waals surface area contributed by atoms with Crippen LogP contribution in [0.3, 0.4) is 0 Å². The van der Waals surface area contributed by atoms with Gasteiger partial charge in [0.15, 0.2) is 5.06 Å². The van der Waals surface area contributed by atoms with Gasteiger partial charge in [-0.1, -0.05) is 0 Å². The van der Waals surface area contributed by atoms with Crippen molar-refractivity contribution >= 4 is 22.2 Å². The van der Waals surface area contributed by atoms with E-state index in [1.165, 1.54) is 6.07 Å². The summed E-state index contributed by atoms with van der Waals surface area (Å²) >= 11 is 0.878. The fraction of sp³-hybridized carbons (Fsp3) is 0.286. The van der Waals surface area contributed by atoms with Crippen LogP contribution in [-0.2, 0) is 0 Å². The molecule has 7 heteroatoms. The van der Waals surface area contributed by atoms with Crippen molar-refractivity contribution in [1.29, 1.82) is 0 Å². The van der Waals surface area contributed by atoms with Gasteiger partial charge in [-0.05, 0) is 11.3 Å². The molecule has 0 atom stereocenters. The second-order valence-corrected chi connectivity index (χ2v) is 3.64. The predicted octanol–water partition coefficient (Wildman–Crippen LogP) is 0.778. The SMILES string of the molecule is O=C1NCCOc2sc([N+](=O)[O-])cc21. The summed E-state index contributed by atoms with van der Waals surface area (Å²) in [5.41, 5.74) is 0.249. The third-order valence-corrected chi connectivity index (χ3v) is 2.73. The first kappa shape index (κ1) is 8.95. The van der Waals surface area contributed by atoms with E-state index in [-0.39, 0.29) is 16.5 Å². The summed E-state index contributed by atoms with van der Waals surface area (Å²) in [5.74, 6) is -0.318. The van der Waals surface area contributed by atoms with Gasteiger partial charge >= 0.3 is 5.00 Å². The van der Waals surface area contributed by atoms with Crippen molar-refractivity contribution in [3.05, 3.63) is 21.7 Å². The van der Waals surface area contributed by atoms with Crippen LogP contribution in [0.1, 0.15) is 10.4 Å². The van der Waals surface area contributed by atoms with E-state index in [4.69, 9.17) is 4.74 Å². The van der Waals surface area contributed by atoms with Crippen molar-refractivity contribution in [3.63, 3.8) is 0 Å². The van der Waals surface area contributed by atoms with Crippen LogP contribution in [0.2, 0.25) is 0 Å². The van der Waals surface area contributed by atoms with Crippen molar-refractivity contribution in [2.75, 3.05) is 13.2 Å². The van der Waals surface area contributed by atoms with Crippen LogP contribution in [-0.4, -0.2) is 24.0 Å². The van der Waals surface area contributed by atoms with E-state index >= 15 is 0 Å². The monoisotopic (exact) mass is 214 g/mol. The Morgan fingerprint density at radius 2 is 2.43 bits per heavy atom. The first-order valence-electron chi connectivity index (χ1n) is 3.87. The molecule has 1 aliphatic rings. The van der Waals surface area contributed by atoms with Gasteiger partial charge in [-0.3, -0.25) is 14.9 Å². The summed E-state index contributed by atoms with van der Waals surface area (Å²) in [7, 11) is 0. The highest BCUT2D eigenvalue weighted by molar-refractivity contribution is 7.17. The Morgan fingerprint density at radius 1 is 1.64 bits per heavy atom. The van der Waals surface area contributed by atoms with Crippen molar-refractivity contribution < 1.29 is 14.5 Å². The van der Waals surface area contributed by atoms with E-state index in [2.05, 4.69) is 5.32 Å². The molecule has 1 amide bonds. The van der Waals surface area contributed by atoms with E-state index in [0.717, 1.165) is 11.3 Å². The Balaban J connectivity index is 2.44. The van der Waals surface area contributed by atoms with E-state index < -0.39 is 4.92 Å². The van der Waals surface area contributed by atoms with Gasteiger partial charge in [-0.2, -0.15) is 0 Å². The number of carbonyl (C=O) groups excluding carboxylic acids is 1. The summed E-state index contributed by atoms with van der Waals surface area (Å²) in [6, 6.07) is 1.24. The zero-order valence-electron chi connectivity index (χ0n) is 6.98. The number of hydrogen-bond donors (Lipinski definition) is 1. The lowest BCUT2D eigenvalue weighted by Gasteiger charge is -1.96. The highest BCUT2D eigenvalue weighted by atomic mass is 32.1. The summed E-state index contributed by atoms with van der Waals surface area (Å²) in [4.78, 5) is 21.2. The lowest BCUT2D eigenvalue weighted by atomic mass is 10.3. The molecule has 0 aromatic carbocycles. The van der Waals surface area contributed by atoms with Gasteiger partial charge in [0.05, 0.1) is 11.5 Å². The van der Waals surface area contributed by atoms with Gasteiger partial charge in [0.25, 0.3) is 5.91 Å². The molecule has 1 aromatic rings. The second-order valence-electron chi connectivity index (χ2n) is 2.65. The Morgan fingerprint density at radius 3 is 3.14 bits per heavy atom. The van der Waals surface area contributed by atoms with Crippen molar-refractivity contribution in [2.24, 2.45) is 0 Å². The molecule has 0 fully saturated rings. The average molecular weight is 214 g/mol. The molecular weight excluding hydrogens is 208 g/mol. The van der Waals surface area contributed by atoms with Crippen molar-refractivity contribution in [1.82, 2.24) is 5.32 Å². The number of fused-ring (bicyclic) bond motifs is 1. The Kier molecular flexibility index (Phi) is 2.08. The van der Waals surface area contributed by atoms with Gasteiger partial charge in [-0.15, -0.1) is 0 Å². The lowest BCUT2D eigenvalue weighted by molar-refractivity contribution is -0.380. The summed E-state index contributed by atoms with van der Waals surface area (Å²) < 4.78 is 5.18. The fourth-order valence-electron chi connectivity index (χ4n) is 1.12. The molecule has 1 N–H and O–H groups in total. The maximum Gasteiger partial charge on any atom is 0.328 e. The van der Waals surface area contributed by atoms with Crippen LogP contribution in [0.15, 0.2) is 6.07 Å². The van der Waals surface area contributed by atoms with Crippen LogP contribution in [0.4, 0.5) is 5.00 Å². The lowest BCUT2D eigenvalue weighted by Crippen LogP contribution is -2.24. The van der Waals surface area contributed by atoms with Gasteiger partial charge in [0.2, 0.25) is 0 Å². The number of amides is 1. The quantitative estimate of drug-likeness (QED) is 0.553. The number of carbonyl (C=O) groups is 1. The summed E-state index contributed by atoms with van der Waals surface area (Å²) in [6.07, 6.45) is 0. The molecule has 14 heavy (non-hydrogen) atoms. The topological polar surface area (TPSA) is 81.5 Å². The smallest absolute Gasteiger partial charge is 0.328 e. The molecule has 6 nitrogen and oxygen atoms in total. The maximum absolute atomic E-state index is 11.3. The third-order valence-electron chi connectivity index (χ3n) is 1.73. The number of nitrogens with one attached hydrogen (secondary N) is 1. The predicted molar refractivity (Wildman–Crippen MR) is 48.8 cm³/mol. The number of thiophene rings is 1. The average Bonchev–Trinajstić information content (AvgIpc) is 2.49. The minimum atomic E-state index is -0.532. The molecule has 0 spiro atoms. The van der Waals surface area contributed by atoms with Crippen LogP contribution in [0, 0.1) is 10.1 Å². The molecular formula is C7H6N2O4S. The number of nitrogens with zero attached hydrogens (tertiary/aromatic N) is 1. The van der Waals surface area contributed by atoms with Gasteiger partial charge in [0.1, 0.15) is 12.2 Å². The normalized spacial score (nSPS) is 15.0. The van der Waals surface area contributed by atoms with Crippen molar-refractivity contribution in [3.8, 4) is 5.06 Å². The number of rotatable bonds is 1. The minimum Gasteiger partial charge on any atom is -0.481 e. The third kappa shape index (κ3) is 1.41. The first-order chi connectivity index (χ1) is 6.68. The zero-order chi connectivity index (χ0) is 10.1. The minimum absolute atomic E-state index is 0.0768. The van der Waals surface area contributed by atoms with Crippen LogP contribution in [0.25, 0.3) is 0 Å². The molecule has 0 unspecified atom stereocenters. The molecule has 0 saturated carbocycles. The molecule has 2 heterocycles. The van der Waals surface area contributed by atoms with E-state index in [1.807, 2.05) is 0 Å². The Labute approximate surface area is 82.6 Å². The Hall–Kier alpha value is -1.63. The van der Waals surface area contributed by atoms with Gasteiger partial charge < -0.3 is 10.1 Å². The summed E-state index contributed by atoms with van der Waals surface area (Å²) in [6.45, 7) is 0.768. The number of hydrogen-bond acceptors (Lipinski definition) is 5. The molecule has 74 valence electrons. The molecule has 1 aromatic heterocycles. The largest absolute Gasteiger partial charge is 0.481 e. The van der Waals surface area contributed by atoms with Crippen molar-refractivity contribution in [2.45, 2.75) is 0 Å².